The lowest BCUT2D eigenvalue weighted by atomic mass is 10.2. The number of para-hydroxylation sites is 1. The zero-order chi connectivity index (χ0) is 18.5. The van der Waals surface area contributed by atoms with Crippen molar-refractivity contribution in [1.82, 2.24) is 19.4 Å². The van der Waals surface area contributed by atoms with Crippen LogP contribution in [-0.2, 0) is 0 Å². The Bertz CT molecular complexity index is 1460. The van der Waals surface area contributed by atoms with Crippen LogP contribution >= 0.6 is 0 Å². The minimum Gasteiger partial charge on any atom is -0.354 e. The molecule has 0 saturated heterocycles. The van der Waals surface area contributed by atoms with Crippen molar-refractivity contribution in [3.8, 4) is 0 Å². The van der Waals surface area contributed by atoms with Gasteiger partial charge >= 0.3 is 0 Å². The van der Waals surface area contributed by atoms with Gasteiger partial charge in [0.1, 0.15) is 0 Å². The van der Waals surface area contributed by atoms with Gasteiger partial charge in [-0.25, -0.2) is 9.97 Å². The lowest BCUT2D eigenvalue weighted by Gasteiger charge is -1.91. The van der Waals surface area contributed by atoms with Gasteiger partial charge in [0, 0.05) is 28.7 Å². The summed E-state index contributed by atoms with van der Waals surface area (Å²) < 4.78 is 2.16. The summed E-state index contributed by atoms with van der Waals surface area (Å²) in [5.41, 5.74) is 6.94. The van der Waals surface area contributed by atoms with Crippen LogP contribution in [0.5, 0.6) is 0 Å². The molecular weight excluding hydrogens is 344 g/mol. The average molecular weight is 360 g/mol. The Labute approximate surface area is 161 Å². The molecule has 0 radical (unpaired) electrons. The first-order valence-corrected chi connectivity index (χ1v) is 9.25. The zero-order valence-electron chi connectivity index (χ0n) is 15.0. The number of nitrogens with zero attached hydrogens (tertiary/aromatic N) is 3. The van der Waals surface area contributed by atoms with Gasteiger partial charge in [-0.2, -0.15) is 0 Å². The Morgan fingerprint density at radius 2 is 1.32 bits per heavy atom. The van der Waals surface area contributed by atoms with E-state index in [0.29, 0.717) is 0 Å². The number of aromatic amines is 1. The van der Waals surface area contributed by atoms with E-state index in [1.54, 1.807) is 0 Å². The molecule has 0 fully saturated rings. The SMILES string of the molecule is C1=Cc2cc3ccc(cn4cc(cc5nc(cc1n2)C=C5)c1ccccc14)[nH]3. The molecule has 4 aromatic rings. The van der Waals surface area contributed by atoms with Crippen LogP contribution < -0.4 is 0 Å². The Morgan fingerprint density at radius 1 is 0.643 bits per heavy atom. The summed E-state index contributed by atoms with van der Waals surface area (Å²) in [6.45, 7) is 0. The third-order valence-corrected chi connectivity index (χ3v) is 5.05. The molecular formula is C24H16N4. The number of nitrogens with one attached hydrogen (secondary N) is 1. The molecule has 4 heteroatoms. The quantitative estimate of drug-likeness (QED) is 0.384. The van der Waals surface area contributed by atoms with E-state index in [9.17, 15) is 0 Å². The number of H-pyrrole nitrogens is 1. The van der Waals surface area contributed by atoms with Crippen molar-refractivity contribution < 1.29 is 0 Å². The van der Waals surface area contributed by atoms with Crippen LogP contribution in [0.4, 0.5) is 0 Å². The second kappa shape index (κ2) is 5.79. The maximum absolute atomic E-state index is 4.74. The van der Waals surface area contributed by atoms with Crippen LogP contribution in [0.3, 0.4) is 0 Å². The van der Waals surface area contributed by atoms with E-state index in [2.05, 4.69) is 75.3 Å². The van der Waals surface area contributed by atoms with E-state index in [0.717, 1.165) is 39.2 Å². The second-order valence-electron chi connectivity index (χ2n) is 7.03. The molecule has 0 unspecified atom stereocenters. The topological polar surface area (TPSA) is 46.0 Å². The zero-order valence-corrected chi connectivity index (χ0v) is 15.0. The molecule has 0 amide bonds. The van der Waals surface area contributed by atoms with Crippen LogP contribution in [0.15, 0.2) is 67.0 Å². The van der Waals surface area contributed by atoms with Gasteiger partial charge in [0.25, 0.3) is 0 Å². The summed E-state index contributed by atoms with van der Waals surface area (Å²) in [6.07, 6.45) is 12.4. The molecule has 0 aliphatic carbocycles. The van der Waals surface area contributed by atoms with Gasteiger partial charge in [-0.1, -0.05) is 18.2 Å². The summed E-state index contributed by atoms with van der Waals surface area (Å²) >= 11 is 0. The number of fused-ring (bicyclic) bond motifs is 11. The van der Waals surface area contributed by atoms with E-state index in [-0.39, 0.29) is 0 Å². The lowest BCUT2D eigenvalue weighted by molar-refractivity contribution is 1.22. The molecule has 8 bridgehead atoms. The summed E-state index contributed by atoms with van der Waals surface area (Å²) in [7, 11) is 0. The molecule has 2 aliphatic heterocycles. The minimum atomic E-state index is 0.915. The minimum absolute atomic E-state index is 0.915. The Kier molecular flexibility index (Phi) is 3.14. The van der Waals surface area contributed by atoms with Crippen LogP contribution in [0, 0.1) is 0 Å². The van der Waals surface area contributed by atoms with Gasteiger partial charge in [-0.3, -0.25) is 0 Å². The second-order valence-corrected chi connectivity index (χ2v) is 7.03. The highest BCUT2D eigenvalue weighted by Crippen LogP contribution is 2.23. The van der Waals surface area contributed by atoms with Crippen molar-refractivity contribution >= 4 is 51.6 Å². The largest absolute Gasteiger partial charge is 0.354 e. The van der Waals surface area contributed by atoms with Crippen LogP contribution in [-0.4, -0.2) is 19.4 Å². The summed E-state index contributed by atoms with van der Waals surface area (Å²) in [6, 6.07) is 18.8. The first-order chi connectivity index (χ1) is 13.8. The van der Waals surface area contributed by atoms with E-state index in [4.69, 9.17) is 4.98 Å². The van der Waals surface area contributed by atoms with Crippen molar-refractivity contribution in [2.75, 3.05) is 0 Å². The van der Waals surface area contributed by atoms with E-state index in [1.165, 1.54) is 10.9 Å². The number of aromatic nitrogens is 4. The summed E-state index contributed by atoms with van der Waals surface area (Å²) in [4.78, 5) is 12.9. The van der Waals surface area contributed by atoms with E-state index < -0.39 is 0 Å². The Morgan fingerprint density at radius 3 is 2.14 bits per heavy atom. The molecule has 3 aromatic heterocycles. The number of rotatable bonds is 0. The van der Waals surface area contributed by atoms with Crippen molar-refractivity contribution in [3.63, 3.8) is 0 Å². The fraction of sp³-hybridized carbons (Fsp3) is 0. The predicted molar refractivity (Wildman–Crippen MR) is 115 cm³/mol. The van der Waals surface area contributed by atoms with Crippen molar-refractivity contribution in [2.45, 2.75) is 0 Å². The summed E-state index contributed by atoms with van der Waals surface area (Å²) in [5.74, 6) is 0. The standard InChI is InChI=1S/C24H16N4/c1-2-4-24-23(3-1)16-11-17-5-6-18(25-17)12-19-7-8-20(26-19)13-21-9-10-22(27-21)15-28(24)14-16/h1-15,27H. The lowest BCUT2D eigenvalue weighted by Crippen LogP contribution is -1.78. The molecule has 1 N–H and O–H groups in total. The molecule has 4 nitrogen and oxygen atoms in total. The predicted octanol–water partition coefficient (Wildman–Crippen LogP) is 5.58. The first-order valence-electron chi connectivity index (χ1n) is 9.25. The van der Waals surface area contributed by atoms with Crippen LogP contribution in [0.25, 0.3) is 51.6 Å². The monoisotopic (exact) mass is 360 g/mol. The fourth-order valence-corrected chi connectivity index (χ4v) is 3.77. The molecule has 1 aromatic carbocycles. The molecule has 0 spiro atoms. The van der Waals surface area contributed by atoms with Gasteiger partial charge in [-0.15, -0.1) is 0 Å². The smallest absolute Gasteiger partial charge is 0.0659 e. The van der Waals surface area contributed by atoms with Crippen molar-refractivity contribution in [1.29, 1.82) is 0 Å². The summed E-state index contributed by atoms with van der Waals surface area (Å²) in [5, 5.41) is 2.35. The van der Waals surface area contributed by atoms with Gasteiger partial charge in [0.2, 0.25) is 0 Å². The molecule has 0 atom stereocenters. The van der Waals surface area contributed by atoms with Gasteiger partial charge < -0.3 is 9.38 Å². The molecule has 2 aliphatic rings. The van der Waals surface area contributed by atoms with Crippen LogP contribution in [0.1, 0.15) is 22.8 Å². The highest BCUT2D eigenvalue weighted by molar-refractivity contribution is 5.97. The van der Waals surface area contributed by atoms with Gasteiger partial charge in [0.15, 0.2) is 0 Å². The van der Waals surface area contributed by atoms with Crippen molar-refractivity contribution in [3.05, 3.63) is 89.8 Å². The van der Waals surface area contributed by atoms with Gasteiger partial charge in [0.05, 0.1) is 33.8 Å². The van der Waals surface area contributed by atoms with Crippen molar-refractivity contribution in [2.24, 2.45) is 0 Å². The average Bonchev–Trinajstić information content (AvgIpc) is 3.47. The number of hydrogen-bond acceptors (Lipinski definition) is 2. The molecule has 5 heterocycles. The maximum Gasteiger partial charge on any atom is 0.0659 e. The normalized spacial score (nSPS) is 12.7. The maximum atomic E-state index is 4.74. The first kappa shape index (κ1) is 15.2. The Hall–Kier alpha value is -3.92. The molecule has 0 saturated carbocycles. The van der Waals surface area contributed by atoms with E-state index in [1.807, 2.05) is 30.4 Å². The third kappa shape index (κ3) is 2.55. The third-order valence-electron chi connectivity index (χ3n) is 5.05. The van der Waals surface area contributed by atoms with E-state index >= 15 is 0 Å². The highest BCUT2D eigenvalue weighted by atomic mass is 14.9. The molecule has 28 heavy (non-hydrogen) atoms. The molecule has 132 valence electrons. The van der Waals surface area contributed by atoms with Gasteiger partial charge in [-0.05, 0) is 60.7 Å². The number of benzene rings is 1. The highest BCUT2D eigenvalue weighted by Gasteiger charge is 2.04. The molecule has 6 rings (SSSR count). The van der Waals surface area contributed by atoms with Crippen LogP contribution in [0.2, 0.25) is 0 Å². The number of hydrogen-bond donors (Lipinski definition) is 1. The Balaban J connectivity index is 1.77. The fourth-order valence-electron chi connectivity index (χ4n) is 3.77.